The second-order valence-electron chi connectivity index (χ2n) is 7.15. The van der Waals surface area contributed by atoms with E-state index >= 15 is 0 Å². The zero-order valence-corrected chi connectivity index (χ0v) is 18.4. The van der Waals surface area contributed by atoms with Gasteiger partial charge in [0.25, 0.3) is 0 Å². The van der Waals surface area contributed by atoms with Gasteiger partial charge in [0.05, 0.1) is 11.3 Å². The van der Waals surface area contributed by atoms with Crippen LogP contribution in [0.2, 0.25) is 0 Å². The molecule has 4 N–H and O–H groups in total. The molecule has 162 valence electrons. The summed E-state index contributed by atoms with van der Waals surface area (Å²) in [5, 5.41) is 24.5. The van der Waals surface area contributed by atoms with E-state index in [0.717, 1.165) is 17.3 Å². The first-order valence-corrected chi connectivity index (χ1v) is 10.5. The first-order chi connectivity index (χ1) is 15.3. The highest BCUT2D eigenvalue weighted by Gasteiger charge is 2.31. The summed E-state index contributed by atoms with van der Waals surface area (Å²) in [6.45, 7) is 4.16. The minimum atomic E-state index is -0.773. The molecular formula is C21H20N7O3S+. The monoisotopic (exact) mass is 450 g/mol. The van der Waals surface area contributed by atoms with Gasteiger partial charge in [-0.15, -0.1) is 0 Å². The topological polar surface area (TPSA) is 165 Å². The van der Waals surface area contributed by atoms with E-state index in [0.29, 0.717) is 11.6 Å². The molecule has 0 aliphatic carbocycles. The molecular weight excluding hydrogens is 430 g/mol. The van der Waals surface area contributed by atoms with Crippen molar-refractivity contribution < 1.29 is 14.0 Å². The first-order valence-electron chi connectivity index (χ1n) is 9.51. The molecule has 0 aliphatic rings. The SMILES string of the molecule is CC(C)c1ccc(NC(=O)CSc2nc(N)c(C#N)c(-c3c(=O)o[nH][n+]3C)c2C#N)cc1. The smallest absolute Gasteiger partial charge is 0.383 e. The van der Waals surface area contributed by atoms with E-state index in [1.165, 1.54) is 11.7 Å². The molecule has 0 unspecified atom stereocenters. The predicted molar refractivity (Wildman–Crippen MR) is 117 cm³/mol. The number of nitrogens with zero attached hydrogens (tertiary/aromatic N) is 4. The number of thioether (sulfide) groups is 1. The van der Waals surface area contributed by atoms with Crippen molar-refractivity contribution in [1.29, 1.82) is 10.5 Å². The molecule has 1 amide bonds. The lowest BCUT2D eigenvalue weighted by atomic mass is 10.0. The summed E-state index contributed by atoms with van der Waals surface area (Å²) in [4.78, 5) is 28.7. The van der Waals surface area contributed by atoms with Gasteiger partial charge in [-0.2, -0.15) is 10.5 Å². The number of aromatic amines is 1. The molecule has 2 heterocycles. The lowest BCUT2D eigenvalue weighted by Crippen LogP contribution is -2.34. The molecule has 0 fully saturated rings. The molecule has 2 aromatic heterocycles. The molecule has 0 aliphatic heterocycles. The van der Waals surface area contributed by atoms with E-state index in [2.05, 4.69) is 29.4 Å². The second kappa shape index (κ2) is 9.37. The Kier molecular flexibility index (Phi) is 6.61. The summed E-state index contributed by atoms with van der Waals surface area (Å²) in [6.07, 6.45) is 0. The molecule has 11 heteroatoms. The number of amides is 1. The van der Waals surface area contributed by atoms with Crippen LogP contribution in [-0.4, -0.2) is 21.9 Å². The van der Waals surface area contributed by atoms with Gasteiger partial charge in [0.15, 0.2) is 7.05 Å². The van der Waals surface area contributed by atoms with Crippen LogP contribution in [0.25, 0.3) is 11.3 Å². The molecule has 0 bridgehead atoms. The van der Waals surface area contributed by atoms with Gasteiger partial charge >= 0.3 is 11.3 Å². The average molecular weight is 451 g/mol. The maximum absolute atomic E-state index is 12.4. The van der Waals surface area contributed by atoms with Crippen LogP contribution in [0, 0.1) is 22.7 Å². The van der Waals surface area contributed by atoms with Crippen molar-refractivity contribution in [2.45, 2.75) is 24.8 Å². The fourth-order valence-corrected chi connectivity index (χ4v) is 3.83. The zero-order chi connectivity index (χ0) is 23.4. The van der Waals surface area contributed by atoms with Crippen LogP contribution in [0.1, 0.15) is 36.5 Å². The molecule has 1 aromatic carbocycles. The number of carbonyl (C=O) groups excluding carboxylic acids is 1. The van der Waals surface area contributed by atoms with E-state index in [-0.39, 0.29) is 44.9 Å². The average Bonchev–Trinajstić information content (AvgIpc) is 3.09. The lowest BCUT2D eigenvalue weighted by molar-refractivity contribution is -0.730. The van der Waals surface area contributed by atoms with E-state index in [1.54, 1.807) is 0 Å². The molecule has 0 saturated heterocycles. The van der Waals surface area contributed by atoms with Gasteiger partial charge in [0.2, 0.25) is 5.91 Å². The number of H-pyrrole nitrogens is 1. The van der Waals surface area contributed by atoms with E-state index < -0.39 is 5.63 Å². The van der Waals surface area contributed by atoms with Crippen LogP contribution in [0.5, 0.6) is 0 Å². The molecule has 32 heavy (non-hydrogen) atoms. The van der Waals surface area contributed by atoms with Crippen LogP contribution < -0.4 is 21.4 Å². The number of hydrogen-bond donors (Lipinski definition) is 3. The van der Waals surface area contributed by atoms with Gasteiger partial charge in [-0.25, -0.2) is 9.78 Å². The highest BCUT2D eigenvalue weighted by molar-refractivity contribution is 8.00. The number of hydrogen-bond acceptors (Lipinski definition) is 8. The Labute approximate surface area is 187 Å². The Morgan fingerprint density at radius 3 is 2.47 bits per heavy atom. The fourth-order valence-electron chi connectivity index (χ4n) is 3.03. The fraction of sp³-hybridized carbons (Fsp3) is 0.238. The minimum Gasteiger partial charge on any atom is -0.383 e. The third kappa shape index (κ3) is 4.48. The van der Waals surface area contributed by atoms with Gasteiger partial charge in [0, 0.05) is 5.69 Å². The molecule has 3 aromatic rings. The number of nitrogens with two attached hydrogens (primary N) is 1. The van der Waals surface area contributed by atoms with Crippen molar-refractivity contribution in [1.82, 2.24) is 10.3 Å². The van der Waals surface area contributed by atoms with Crippen molar-refractivity contribution in [2.75, 3.05) is 16.8 Å². The van der Waals surface area contributed by atoms with Crippen molar-refractivity contribution in [2.24, 2.45) is 7.05 Å². The Bertz CT molecular complexity index is 1310. The number of rotatable bonds is 6. The largest absolute Gasteiger partial charge is 0.435 e. The van der Waals surface area contributed by atoms with Gasteiger partial charge in [-0.1, -0.05) is 42.4 Å². The standard InChI is InChI=1S/C21H19N7O3S/c1-11(2)12-4-6-13(7-5-12)25-16(29)10-32-20-15(9-23)17(14(8-22)19(24)26-20)18-21(30)31-27-28(18)3/h4-7,11H,10H2,1-3H3,(H3-,24,25,26,27,29,30)/p+1. The number of anilines is 2. The predicted octanol–water partition coefficient (Wildman–Crippen LogP) is 2.03. The Morgan fingerprint density at radius 2 is 1.94 bits per heavy atom. The van der Waals surface area contributed by atoms with Crippen molar-refractivity contribution in [3.05, 3.63) is 51.4 Å². The summed E-state index contributed by atoms with van der Waals surface area (Å²) >= 11 is 0.976. The van der Waals surface area contributed by atoms with Gasteiger partial charge < -0.3 is 11.1 Å². The number of aromatic nitrogens is 3. The number of aryl methyl sites for hydroxylation is 1. The quantitative estimate of drug-likeness (QED) is 0.379. The molecule has 3 rings (SSSR count). The molecule has 0 atom stereocenters. The summed E-state index contributed by atoms with van der Waals surface area (Å²) in [5.74, 6) is -0.152. The number of nitrogens with one attached hydrogen (secondary N) is 2. The first kappa shape index (κ1) is 22.6. The maximum atomic E-state index is 12.4. The molecule has 0 saturated carbocycles. The number of nitrogen functional groups attached to an aromatic ring is 1. The summed E-state index contributed by atoms with van der Waals surface area (Å²) in [7, 11) is 1.49. The summed E-state index contributed by atoms with van der Waals surface area (Å²) in [5.41, 5.74) is 6.74. The van der Waals surface area contributed by atoms with Crippen LogP contribution in [0.15, 0.2) is 38.6 Å². The Morgan fingerprint density at radius 1 is 1.28 bits per heavy atom. The number of carbonyl (C=O) groups is 1. The van der Waals surface area contributed by atoms with Crippen LogP contribution in [0.4, 0.5) is 11.5 Å². The summed E-state index contributed by atoms with van der Waals surface area (Å²) in [6, 6.07) is 11.4. The third-order valence-electron chi connectivity index (χ3n) is 4.66. The molecule has 0 spiro atoms. The molecule has 0 radical (unpaired) electrons. The van der Waals surface area contributed by atoms with Gasteiger partial charge in [0.1, 0.15) is 34.1 Å². The van der Waals surface area contributed by atoms with E-state index in [1.807, 2.05) is 36.4 Å². The van der Waals surface area contributed by atoms with Crippen molar-refractivity contribution >= 4 is 29.2 Å². The third-order valence-corrected chi connectivity index (χ3v) is 5.63. The van der Waals surface area contributed by atoms with Crippen molar-refractivity contribution in [3.63, 3.8) is 0 Å². The maximum Gasteiger partial charge on any atom is 0.435 e. The van der Waals surface area contributed by atoms with Crippen LogP contribution in [-0.2, 0) is 11.8 Å². The second-order valence-corrected chi connectivity index (χ2v) is 8.12. The van der Waals surface area contributed by atoms with E-state index in [4.69, 9.17) is 10.3 Å². The summed E-state index contributed by atoms with van der Waals surface area (Å²) < 4.78 is 5.98. The number of nitriles is 2. The van der Waals surface area contributed by atoms with Gasteiger partial charge in [-0.05, 0) is 28.9 Å². The lowest BCUT2D eigenvalue weighted by Gasteiger charge is -2.10. The van der Waals surface area contributed by atoms with Crippen LogP contribution >= 0.6 is 11.8 Å². The number of benzene rings is 1. The Balaban J connectivity index is 1.89. The molecule has 10 nitrogen and oxygen atoms in total. The Hall–Kier alpha value is -4.09. The normalized spacial score (nSPS) is 10.6. The minimum absolute atomic E-state index is 0.00665. The van der Waals surface area contributed by atoms with Crippen molar-refractivity contribution in [3.8, 4) is 23.4 Å². The zero-order valence-electron chi connectivity index (χ0n) is 17.6. The van der Waals surface area contributed by atoms with Crippen LogP contribution in [0.3, 0.4) is 0 Å². The van der Waals surface area contributed by atoms with E-state index in [9.17, 15) is 20.1 Å². The highest BCUT2D eigenvalue weighted by Crippen LogP contribution is 2.33. The highest BCUT2D eigenvalue weighted by atomic mass is 32.2. The van der Waals surface area contributed by atoms with Gasteiger partial charge in [-0.3, -0.25) is 9.32 Å². The number of pyridine rings is 1.